The lowest BCUT2D eigenvalue weighted by atomic mass is 10.2. The van der Waals surface area contributed by atoms with Crippen LogP contribution < -0.4 is 4.90 Å². The highest BCUT2D eigenvalue weighted by Crippen LogP contribution is 2.23. The quantitative estimate of drug-likeness (QED) is 0.772. The van der Waals surface area contributed by atoms with Crippen LogP contribution >= 0.6 is 11.6 Å². The molecule has 0 aliphatic heterocycles. The van der Waals surface area contributed by atoms with Gasteiger partial charge in [-0.25, -0.2) is 4.39 Å². The van der Waals surface area contributed by atoms with Gasteiger partial charge in [-0.3, -0.25) is 9.59 Å². The molecular weight excluding hydrogens is 289 g/mol. The third kappa shape index (κ3) is 5.44. The van der Waals surface area contributed by atoms with Crippen molar-refractivity contribution in [3.63, 3.8) is 0 Å². The van der Waals surface area contributed by atoms with E-state index in [2.05, 4.69) is 0 Å². The summed E-state index contributed by atoms with van der Waals surface area (Å²) in [4.78, 5) is 22.8. The number of carboxylic acid groups (broad SMARTS) is 2. The summed E-state index contributed by atoms with van der Waals surface area (Å²) in [5.41, 5.74) is 0.572. The van der Waals surface area contributed by atoms with Crippen LogP contribution in [0.25, 0.3) is 0 Å². The first kappa shape index (κ1) is 16.2. The van der Waals surface area contributed by atoms with Crippen LogP contribution in [0.4, 0.5) is 10.1 Å². The van der Waals surface area contributed by atoms with Gasteiger partial charge in [0.25, 0.3) is 0 Å². The Balaban J connectivity index is 2.76. The van der Waals surface area contributed by atoms with E-state index in [1.807, 2.05) is 0 Å². The molecule has 0 atom stereocenters. The van der Waals surface area contributed by atoms with Crippen LogP contribution in [0, 0.1) is 5.82 Å². The van der Waals surface area contributed by atoms with Gasteiger partial charge >= 0.3 is 11.9 Å². The van der Waals surface area contributed by atoms with E-state index in [9.17, 15) is 14.0 Å². The number of carboxylic acids is 2. The summed E-state index contributed by atoms with van der Waals surface area (Å²) in [7, 11) is 0. The predicted molar refractivity (Wildman–Crippen MR) is 72.7 cm³/mol. The monoisotopic (exact) mass is 303 g/mol. The van der Waals surface area contributed by atoms with Crippen LogP contribution in [-0.2, 0) is 9.59 Å². The van der Waals surface area contributed by atoms with Crippen molar-refractivity contribution < 1.29 is 24.2 Å². The Morgan fingerprint density at radius 1 is 1.15 bits per heavy atom. The second kappa shape index (κ2) is 7.69. The fraction of sp³-hybridized carbons (Fsp3) is 0.385. The Labute approximate surface area is 120 Å². The molecule has 1 aromatic carbocycles. The van der Waals surface area contributed by atoms with E-state index in [-0.39, 0.29) is 24.4 Å². The molecule has 1 rings (SSSR count). The largest absolute Gasteiger partial charge is 0.481 e. The number of aliphatic carboxylic acids is 2. The normalized spacial score (nSPS) is 10.3. The molecule has 0 bridgehead atoms. The molecule has 0 saturated heterocycles. The molecule has 0 heterocycles. The Morgan fingerprint density at radius 2 is 1.80 bits per heavy atom. The zero-order chi connectivity index (χ0) is 15.1. The third-order valence-corrected chi connectivity index (χ3v) is 2.97. The van der Waals surface area contributed by atoms with E-state index >= 15 is 0 Å². The zero-order valence-corrected chi connectivity index (χ0v) is 11.4. The van der Waals surface area contributed by atoms with Crippen LogP contribution in [0.2, 0.25) is 5.02 Å². The summed E-state index contributed by atoms with van der Waals surface area (Å²) >= 11 is 5.69. The van der Waals surface area contributed by atoms with Crippen molar-refractivity contribution in [2.75, 3.05) is 18.0 Å². The molecule has 0 saturated carbocycles. The van der Waals surface area contributed by atoms with Crippen LogP contribution in [0.1, 0.15) is 19.3 Å². The van der Waals surface area contributed by atoms with Crippen molar-refractivity contribution in [2.45, 2.75) is 19.3 Å². The smallest absolute Gasteiger partial charge is 0.305 e. The molecule has 0 fully saturated rings. The molecule has 2 N–H and O–H groups in total. The summed E-state index contributed by atoms with van der Waals surface area (Å²) in [6.45, 7) is 0.568. The van der Waals surface area contributed by atoms with Crippen molar-refractivity contribution >= 4 is 29.2 Å². The zero-order valence-electron chi connectivity index (χ0n) is 10.7. The summed E-state index contributed by atoms with van der Waals surface area (Å²) in [6, 6.07) is 4.09. The molecule has 0 spiro atoms. The fourth-order valence-electron chi connectivity index (χ4n) is 1.70. The molecule has 7 heteroatoms. The minimum Gasteiger partial charge on any atom is -0.481 e. The summed E-state index contributed by atoms with van der Waals surface area (Å²) in [6.07, 6.45) is 0.254. The number of benzene rings is 1. The lowest BCUT2D eigenvalue weighted by Crippen LogP contribution is -2.27. The first-order valence-corrected chi connectivity index (χ1v) is 6.41. The first-order valence-electron chi connectivity index (χ1n) is 6.03. The molecule has 0 aromatic heterocycles. The fourth-order valence-corrected chi connectivity index (χ4v) is 1.88. The van der Waals surface area contributed by atoms with Gasteiger partial charge in [0.05, 0.1) is 11.4 Å². The number of rotatable bonds is 8. The van der Waals surface area contributed by atoms with E-state index < -0.39 is 17.8 Å². The summed E-state index contributed by atoms with van der Waals surface area (Å²) in [5, 5.41) is 17.3. The van der Waals surface area contributed by atoms with E-state index in [0.717, 1.165) is 0 Å². The number of carbonyl (C=O) groups is 2. The van der Waals surface area contributed by atoms with Crippen LogP contribution in [0.15, 0.2) is 18.2 Å². The van der Waals surface area contributed by atoms with Crippen LogP contribution in [-0.4, -0.2) is 35.2 Å². The highest BCUT2D eigenvalue weighted by Gasteiger charge is 2.11. The molecule has 0 aliphatic rings. The lowest BCUT2D eigenvalue weighted by molar-refractivity contribution is -0.138. The van der Waals surface area contributed by atoms with E-state index in [1.165, 1.54) is 18.2 Å². The maximum atomic E-state index is 13.1. The maximum Gasteiger partial charge on any atom is 0.305 e. The van der Waals surface area contributed by atoms with Crippen LogP contribution in [0.5, 0.6) is 0 Å². The van der Waals surface area contributed by atoms with E-state index in [0.29, 0.717) is 18.7 Å². The molecule has 110 valence electrons. The molecule has 5 nitrogen and oxygen atoms in total. The molecule has 0 radical (unpaired) electrons. The standard InChI is InChI=1S/C13H15ClFNO4/c14-10-8-9(3-4-11(10)15)16(7-5-13(19)20)6-1-2-12(17)18/h3-4,8H,1-2,5-7H2,(H,17,18)(H,19,20). The van der Waals surface area contributed by atoms with Gasteiger partial charge in [-0.15, -0.1) is 0 Å². The Hall–Kier alpha value is -1.82. The predicted octanol–water partition coefficient (Wildman–Crippen LogP) is 2.62. The van der Waals surface area contributed by atoms with Gasteiger partial charge in [0.15, 0.2) is 0 Å². The molecule has 20 heavy (non-hydrogen) atoms. The lowest BCUT2D eigenvalue weighted by Gasteiger charge is -2.24. The number of halogens is 2. The van der Waals surface area contributed by atoms with E-state index in [4.69, 9.17) is 21.8 Å². The molecule has 0 aliphatic carbocycles. The van der Waals surface area contributed by atoms with Crippen molar-refractivity contribution in [3.05, 3.63) is 29.0 Å². The average Bonchev–Trinajstić information content (AvgIpc) is 2.36. The van der Waals surface area contributed by atoms with Crippen molar-refractivity contribution in [1.82, 2.24) is 0 Å². The summed E-state index contributed by atoms with van der Waals surface area (Å²) < 4.78 is 13.1. The maximum absolute atomic E-state index is 13.1. The topological polar surface area (TPSA) is 77.8 Å². The van der Waals surface area contributed by atoms with Gasteiger partial charge in [-0.05, 0) is 24.6 Å². The van der Waals surface area contributed by atoms with Crippen LogP contribution in [0.3, 0.4) is 0 Å². The van der Waals surface area contributed by atoms with Gasteiger partial charge in [0.2, 0.25) is 0 Å². The number of nitrogens with zero attached hydrogens (tertiary/aromatic N) is 1. The SMILES string of the molecule is O=C(O)CCCN(CCC(=O)O)c1ccc(F)c(Cl)c1. The van der Waals surface area contributed by atoms with Crippen molar-refractivity contribution in [1.29, 1.82) is 0 Å². The Kier molecular flexibility index (Phi) is 6.24. The van der Waals surface area contributed by atoms with Gasteiger partial charge in [-0.2, -0.15) is 0 Å². The molecule has 0 amide bonds. The van der Waals surface area contributed by atoms with E-state index in [1.54, 1.807) is 4.90 Å². The molecule has 0 unspecified atom stereocenters. The van der Waals surface area contributed by atoms with Gasteiger partial charge < -0.3 is 15.1 Å². The highest BCUT2D eigenvalue weighted by molar-refractivity contribution is 6.31. The molecular formula is C13H15ClFNO4. The Morgan fingerprint density at radius 3 is 2.35 bits per heavy atom. The average molecular weight is 304 g/mol. The van der Waals surface area contributed by atoms with Gasteiger partial charge in [-0.1, -0.05) is 11.6 Å². The summed E-state index contributed by atoms with van der Waals surface area (Å²) in [5.74, 6) is -2.43. The number of anilines is 1. The first-order chi connectivity index (χ1) is 9.40. The minimum absolute atomic E-state index is 0.0154. The van der Waals surface area contributed by atoms with Gasteiger partial charge in [0, 0.05) is 25.2 Å². The highest BCUT2D eigenvalue weighted by atomic mass is 35.5. The minimum atomic E-state index is -0.957. The van der Waals surface area contributed by atoms with Gasteiger partial charge in [0.1, 0.15) is 5.82 Å². The van der Waals surface area contributed by atoms with Crippen molar-refractivity contribution in [3.8, 4) is 0 Å². The number of hydrogen-bond acceptors (Lipinski definition) is 3. The second-order valence-electron chi connectivity index (χ2n) is 4.23. The Bertz CT molecular complexity index is 495. The number of hydrogen-bond donors (Lipinski definition) is 2. The molecule has 1 aromatic rings. The second-order valence-corrected chi connectivity index (χ2v) is 4.63. The third-order valence-electron chi connectivity index (χ3n) is 2.68. The van der Waals surface area contributed by atoms with Crippen molar-refractivity contribution in [2.24, 2.45) is 0 Å².